The van der Waals surface area contributed by atoms with Gasteiger partial charge in [-0.25, -0.2) is 0 Å². The Hall–Kier alpha value is -2.49. The lowest BCUT2D eigenvalue weighted by Gasteiger charge is -2.31. The first-order valence-electron chi connectivity index (χ1n) is 8.88. The summed E-state index contributed by atoms with van der Waals surface area (Å²) in [4.78, 5) is 17.1. The molecule has 0 radical (unpaired) electrons. The van der Waals surface area contributed by atoms with E-state index in [1.807, 2.05) is 55.4 Å². The summed E-state index contributed by atoms with van der Waals surface area (Å²) in [6.07, 6.45) is 2.02. The first-order chi connectivity index (χ1) is 12.0. The minimum Gasteiger partial charge on any atom is -0.399 e. The molecular weight excluding hydrogens is 310 g/mol. The summed E-state index contributed by atoms with van der Waals surface area (Å²) in [7, 11) is 4.03. The molecule has 1 aliphatic rings. The molecule has 0 saturated heterocycles. The molecule has 1 fully saturated rings. The van der Waals surface area contributed by atoms with Crippen molar-refractivity contribution in [2.24, 2.45) is 5.92 Å². The molecule has 1 saturated carbocycles. The Bertz CT molecular complexity index is 738. The predicted molar refractivity (Wildman–Crippen MR) is 103 cm³/mol. The van der Waals surface area contributed by atoms with Gasteiger partial charge in [0, 0.05) is 37.9 Å². The molecule has 0 bridgehead atoms. The van der Waals surface area contributed by atoms with E-state index in [1.165, 1.54) is 0 Å². The number of nitrogens with zero attached hydrogens (tertiary/aromatic N) is 2. The number of amides is 1. The number of anilines is 2. The molecule has 0 spiro atoms. The largest absolute Gasteiger partial charge is 0.399 e. The molecule has 4 heteroatoms. The lowest BCUT2D eigenvalue weighted by atomic mass is 10.0. The zero-order valence-electron chi connectivity index (χ0n) is 15.3. The number of benzene rings is 2. The van der Waals surface area contributed by atoms with Crippen LogP contribution in [0.3, 0.4) is 0 Å². The van der Waals surface area contributed by atoms with E-state index < -0.39 is 0 Å². The average Bonchev–Trinajstić information content (AvgIpc) is 3.44. The van der Waals surface area contributed by atoms with Crippen LogP contribution < -0.4 is 10.6 Å². The molecule has 3 rings (SSSR count). The van der Waals surface area contributed by atoms with Crippen molar-refractivity contribution in [1.82, 2.24) is 4.90 Å². The zero-order chi connectivity index (χ0) is 18.0. The maximum absolute atomic E-state index is 13.0. The predicted octanol–water partition coefficient (Wildman–Crippen LogP) is 3.83. The topological polar surface area (TPSA) is 49.6 Å². The van der Waals surface area contributed by atoms with Crippen LogP contribution in [-0.4, -0.2) is 24.9 Å². The second-order valence-electron chi connectivity index (χ2n) is 7.11. The van der Waals surface area contributed by atoms with Crippen LogP contribution in [0, 0.1) is 5.92 Å². The van der Waals surface area contributed by atoms with Gasteiger partial charge in [-0.15, -0.1) is 0 Å². The minimum atomic E-state index is 0.0331. The molecular formula is C21H27N3O. The van der Waals surface area contributed by atoms with Gasteiger partial charge < -0.3 is 15.5 Å². The molecule has 0 aliphatic heterocycles. The fraction of sp³-hybridized carbons (Fsp3) is 0.381. The highest BCUT2D eigenvalue weighted by atomic mass is 16.2. The monoisotopic (exact) mass is 337 g/mol. The van der Waals surface area contributed by atoms with Gasteiger partial charge >= 0.3 is 0 Å². The van der Waals surface area contributed by atoms with Gasteiger partial charge in [-0.1, -0.05) is 30.3 Å². The SMILES string of the molecule is C[C@H](c1ccccc1)N(Cc1cc(N)ccc1N(C)C)C(=O)C1CC1. The second-order valence-corrected chi connectivity index (χ2v) is 7.11. The highest BCUT2D eigenvalue weighted by Gasteiger charge is 2.35. The zero-order valence-corrected chi connectivity index (χ0v) is 15.3. The lowest BCUT2D eigenvalue weighted by Crippen LogP contribution is -2.34. The number of carbonyl (C=O) groups is 1. The minimum absolute atomic E-state index is 0.0331. The standard InChI is InChI=1S/C21H27N3O/c1-15(16-7-5-4-6-8-16)24(21(25)17-9-10-17)14-18-13-19(22)11-12-20(18)23(2)3/h4-8,11-13,15,17H,9-10,14,22H2,1-3H3/t15-/m1/s1. The van der Waals surface area contributed by atoms with Gasteiger partial charge in [0.05, 0.1) is 6.04 Å². The van der Waals surface area contributed by atoms with E-state index in [1.54, 1.807) is 0 Å². The summed E-state index contributed by atoms with van der Waals surface area (Å²) in [6.45, 7) is 2.68. The third kappa shape index (κ3) is 3.95. The molecule has 4 nitrogen and oxygen atoms in total. The van der Waals surface area contributed by atoms with Gasteiger partial charge in [-0.3, -0.25) is 4.79 Å². The Labute approximate surface area is 150 Å². The summed E-state index contributed by atoms with van der Waals surface area (Å²) in [5.74, 6) is 0.443. The lowest BCUT2D eigenvalue weighted by molar-refractivity contribution is -0.135. The third-order valence-electron chi connectivity index (χ3n) is 4.89. The molecule has 132 valence electrons. The van der Waals surface area contributed by atoms with Crippen molar-refractivity contribution in [3.63, 3.8) is 0 Å². The van der Waals surface area contributed by atoms with Crippen LogP contribution in [0.25, 0.3) is 0 Å². The number of rotatable bonds is 6. The molecule has 0 aromatic heterocycles. The number of carbonyl (C=O) groups excluding carboxylic acids is 1. The quantitative estimate of drug-likeness (QED) is 0.815. The third-order valence-corrected chi connectivity index (χ3v) is 4.89. The summed E-state index contributed by atoms with van der Waals surface area (Å²) in [5, 5.41) is 0. The molecule has 0 heterocycles. The van der Waals surface area contributed by atoms with E-state index in [2.05, 4.69) is 24.0 Å². The van der Waals surface area contributed by atoms with Crippen molar-refractivity contribution in [3.05, 3.63) is 59.7 Å². The van der Waals surface area contributed by atoms with Crippen LogP contribution in [0.2, 0.25) is 0 Å². The smallest absolute Gasteiger partial charge is 0.226 e. The molecule has 0 unspecified atom stereocenters. The van der Waals surface area contributed by atoms with Crippen LogP contribution in [-0.2, 0) is 11.3 Å². The molecule has 2 aromatic rings. The van der Waals surface area contributed by atoms with Crippen LogP contribution >= 0.6 is 0 Å². The van der Waals surface area contributed by atoms with Crippen LogP contribution in [0.5, 0.6) is 0 Å². The van der Waals surface area contributed by atoms with E-state index in [0.29, 0.717) is 6.54 Å². The Morgan fingerprint density at radius 3 is 2.44 bits per heavy atom. The van der Waals surface area contributed by atoms with Crippen molar-refractivity contribution >= 4 is 17.3 Å². The van der Waals surface area contributed by atoms with Crippen LogP contribution in [0.1, 0.15) is 36.9 Å². The van der Waals surface area contributed by atoms with Crippen LogP contribution in [0.4, 0.5) is 11.4 Å². The van der Waals surface area contributed by atoms with Crippen molar-refractivity contribution < 1.29 is 4.79 Å². The maximum atomic E-state index is 13.0. The molecule has 1 aliphatic carbocycles. The first kappa shape index (κ1) is 17.3. The van der Waals surface area contributed by atoms with E-state index in [4.69, 9.17) is 5.73 Å². The highest BCUT2D eigenvalue weighted by molar-refractivity contribution is 5.81. The fourth-order valence-corrected chi connectivity index (χ4v) is 3.23. The number of hydrogen-bond donors (Lipinski definition) is 1. The van der Waals surface area contributed by atoms with Crippen molar-refractivity contribution in [2.45, 2.75) is 32.4 Å². The normalized spacial score (nSPS) is 14.8. The summed E-state index contributed by atoms with van der Waals surface area (Å²) in [6, 6.07) is 16.2. The first-order valence-corrected chi connectivity index (χ1v) is 8.88. The van der Waals surface area contributed by atoms with Gasteiger partial charge in [0.1, 0.15) is 0 Å². The maximum Gasteiger partial charge on any atom is 0.226 e. The summed E-state index contributed by atoms with van der Waals surface area (Å²) < 4.78 is 0. The van der Waals surface area contributed by atoms with Crippen LogP contribution in [0.15, 0.2) is 48.5 Å². The van der Waals surface area contributed by atoms with E-state index in [-0.39, 0.29) is 17.9 Å². The average molecular weight is 337 g/mol. The fourth-order valence-electron chi connectivity index (χ4n) is 3.23. The van der Waals surface area contributed by atoms with Crippen molar-refractivity contribution in [2.75, 3.05) is 24.7 Å². The van der Waals surface area contributed by atoms with E-state index in [9.17, 15) is 4.79 Å². The van der Waals surface area contributed by atoms with Crippen molar-refractivity contribution in [1.29, 1.82) is 0 Å². The second kappa shape index (κ2) is 7.18. The molecule has 25 heavy (non-hydrogen) atoms. The van der Waals surface area contributed by atoms with E-state index >= 15 is 0 Å². The van der Waals surface area contributed by atoms with E-state index in [0.717, 1.165) is 35.3 Å². The van der Waals surface area contributed by atoms with Gasteiger partial charge in [0.15, 0.2) is 0 Å². The molecule has 1 atom stereocenters. The Morgan fingerprint density at radius 1 is 1.16 bits per heavy atom. The molecule has 2 aromatic carbocycles. The number of hydrogen-bond acceptors (Lipinski definition) is 3. The Kier molecular flexibility index (Phi) is 4.98. The Balaban J connectivity index is 1.93. The van der Waals surface area contributed by atoms with Gasteiger partial charge in [0.25, 0.3) is 0 Å². The molecule has 1 amide bonds. The van der Waals surface area contributed by atoms with Crippen molar-refractivity contribution in [3.8, 4) is 0 Å². The highest BCUT2D eigenvalue weighted by Crippen LogP contribution is 2.36. The summed E-state index contributed by atoms with van der Waals surface area (Å²) in [5.41, 5.74) is 10.1. The summed E-state index contributed by atoms with van der Waals surface area (Å²) >= 11 is 0. The van der Waals surface area contributed by atoms with Gasteiger partial charge in [0.2, 0.25) is 5.91 Å². The van der Waals surface area contributed by atoms with Gasteiger partial charge in [-0.05, 0) is 49.1 Å². The molecule has 2 N–H and O–H groups in total. The van der Waals surface area contributed by atoms with Gasteiger partial charge in [-0.2, -0.15) is 0 Å². The number of nitrogen functional groups attached to an aromatic ring is 1. The Morgan fingerprint density at radius 2 is 1.84 bits per heavy atom. The number of nitrogens with two attached hydrogens (primary N) is 1.